The van der Waals surface area contributed by atoms with Crippen LogP contribution < -0.4 is 5.73 Å². The summed E-state index contributed by atoms with van der Waals surface area (Å²) in [4.78, 5) is 0. The molecule has 1 saturated carbocycles. The van der Waals surface area contributed by atoms with Gasteiger partial charge in [-0.2, -0.15) is 5.10 Å². The van der Waals surface area contributed by atoms with E-state index in [1.165, 1.54) is 0 Å². The molecule has 2 aromatic rings. The first-order valence-corrected chi connectivity index (χ1v) is 5.32. The number of nitrogens with zero attached hydrogens (tertiary/aromatic N) is 1. The third-order valence-electron chi connectivity index (χ3n) is 3.11. The van der Waals surface area contributed by atoms with E-state index in [9.17, 15) is 5.11 Å². The Morgan fingerprint density at radius 1 is 1.25 bits per heavy atom. The number of anilines is 1. The van der Waals surface area contributed by atoms with Gasteiger partial charge in [0.1, 0.15) is 5.82 Å². The first kappa shape index (κ1) is 9.42. The normalized spacial score (nSPS) is 17.3. The molecule has 0 atom stereocenters. The Bertz CT molecular complexity index is 529. The number of benzene rings is 1. The fraction of sp³-hybridized carbons (Fsp3) is 0.250. The largest absolute Gasteiger partial charge is 0.385 e. The topological polar surface area (TPSA) is 74.9 Å². The molecule has 4 nitrogen and oxygen atoms in total. The van der Waals surface area contributed by atoms with Crippen molar-refractivity contribution in [2.45, 2.75) is 18.4 Å². The number of aliphatic hydroxyl groups is 1. The number of rotatable bonds is 2. The van der Waals surface area contributed by atoms with Gasteiger partial charge in [0.25, 0.3) is 0 Å². The molecule has 1 fully saturated rings. The minimum absolute atomic E-state index is 0.539. The number of nitrogen functional groups attached to an aromatic ring is 1. The highest BCUT2D eigenvalue weighted by Crippen LogP contribution is 2.48. The highest BCUT2D eigenvalue weighted by Gasteiger charge is 2.43. The molecule has 1 heterocycles. The van der Waals surface area contributed by atoms with Crippen LogP contribution in [0.4, 0.5) is 5.82 Å². The molecule has 0 spiro atoms. The summed E-state index contributed by atoms with van der Waals surface area (Å²) >= 11 is 0. The van der Waals surface area contributed by atoms with Crippen LogP contribution >= 0.6 is 0 Å². The third kappa shape index (κ3) is 1.31. The number of aromatic amines is 1. The van der Waals surface area contributed by atoms with E-state index in [-0.39, 0.29) is 0 Å². The average molecular weight is 215 g/mol. The van der Waals surface area contributed by atoms with Gasteiger partial charge in [-0.3, -0.25) is 5.10 Å². The summed E-state index contributed by atoms with van der Waals surface area (Å²) in [7, 11) is 0. The van der Waals surface area contributed by atoms with Crippen molar-refractivity contribution in [1.82, 2.24) is 10.2 Å². The number of H-pyrrole nitrogens is 1. The van der Waals surface area contributed by atoms with Crippen molar-refractivity contribution in [3.05, 3.63) is 36.0 Å². The van der Waals surface area contributed by atoms with Gasteiger partial charge in [-0.15, -0.1) is 0 Å². The van der Waals surface area contributed by atoms with Gasteiger partial charge in [-0.1, -0.05) is 24.3 Å². The second-order valence-corrected chi connectivity index (χ2v) is 4.27. The van der Waals surface area contributed by atoms with E-state index < -0.39 is 5.60 Å². The maximum atomic E-state index is 10.2. The summed E-state index contributed by atoms with van der Waals surface area (Å²) in [6.45, 7) is 0. The molecule has 1 aromatic heterocycles. The van der Waals surface area contributed by atoms with Crippen molar-refractivity contribution in [3.63, 3.8) is 0 Å². The van der Waals surface area contributed by atoms with Crippen LogP contribution in [0.1, 0.15) is 18.4 Å². The van der Waals surface area contributed by atoms with Gasteiger partial charge < -0.3 is 10.8 Å². The van der Waals surface area contributed by atoms with Gasteiger partial charge >= 0.3 is 0 Å². The molecule has 3 rings (SSSR count). The van der Waals surface area contributed by atoms with Gasteiger partial charge in [0.05, 0.1) is 11.8 Å². The predicted octanol–water partition coefficient (Wildman–Crippen LogP) is 1.64. The smallest absolute Gasteiger partial charge is 0.126 e. The molecule has 0 aliphatic heterocycles. The molecule has 0 bridgehead atoms. The first-order valence-electron chi connectivity index (χ1n) is 5.32. The standard InChI is InChI=1S/C12H13N3O/c13-11-9(7-14-15-11)8-3-1-2-4-10(8)12(16)5-6-12/h1-4,7,16H,5-6H2,(H3,13,14,15). The molecule has 82 valence electrons. The van der Waals surface area contributed by atoms with E-state index in [2.05, 4.69) is 10.2 Å². The fourth-order valence-electron chi connectivity index (χ4n) is 2.02. The van der Waals surface area contributed by atoms with Gasteiger partial charge in [0.15, 0.2) is 0 Å². The van der Waals surface area contributed by atoms with E-state index >= 15 is 0 Å². The van der Waals surface area contributed by atoms with E-state index in [1.54, 1.807) is 6.20 Å². The fourth-order valence-corrected chi connectivity index (χ4v) is 2.02. The summed E-state index contributed by atoms with van der Waals surface area (Å²) in [6, 6.07) is 7.80. The van der Waals surface area contributed by atoms with Crippen LogP contribution in [0.3, 0.4) is 0 Å². The first-order chi connectivity index (χ1) is 7.71. The Labute approximate surface area is 93.1 Å². The van der Waals surface area contributed by atoms with E-state index in [0.29, 0.717) is 5.82 Å². The maximum absolute atomic E-state index is 10.2. The molecule has 0 saturated heterocycles. The van der Waals surface area contributed by atoms with Crippen molar-refractivity contribution in [3.8, 4) is 11.1 Å². The molecule has 4 N–H and O–H groups in total. The molecule has 0 unspecified atom stereocenters. The zero-order valence-electron chi connectivity index (χ0n) is 8.77. The van der Waals surface area contributed by atoms with Crippen LogP contribution in [0.25, 0.3) is 11.1 Å². The Hall–Kier alpha value is -1.81. The number of hydrogen-bond donors (Lipinski definition) is 3. The Morgan fingerprint density at radius 2 is 2.00 bits per heavy atom. The van der Waals surface area contributed by atoms with Crippen LogP contribution in [0.2, 0.25) is 0 Å². The third-order valence-corrected chi connectivity index (χ3v) is 3.11. The average Bonchev–Trinajstić information content (AvgIpc) is 2.89. The lowest BCUT2D eigenvalue weighted by atomic mass is 9.96. The van der Waals surface area contributed by atoms with Gasteiger partial charge in [0, 0.05) is 5.56 Å². The number of nitrogens with one attached hydrogen (secondary N) is 1. The summed E-state index contributed by atoms with van der Waals surface area (Å²) in [6.07, 6.45) is 3.34. The molecule has 1 aromatic carbocycles. The maximum Gasteiger partial charge on any atom is 0.126 e. The van der Waals surface area contributed by atoms with Crippen LogP contribution in [0.5, 0.6) is 0 Å². The zero-order valence-corrected chi connectivity index (χ0v) is 8.77. The lowest BCUT2D eigenvalue weighted by Crippen LogP contribution is -2.06. The second-order valence-electron chi connectivity index (χ2n) is 4.27. The van der Waals surface area contributed by atoms with Crippen molar-refractivity contribution in [2.24, 2.45) is 0 Å². The number of nitrogens with two attached hydrogens (primary N) is 1. The minimum atomic E-state index is -0.652. The van der Waals surface area contributed by atoms with E-state index in [1.807, 2.05) is 24.3 Å². The molecule has 0 amide bonds. The molecule has 1 aliphatic rings. The van der Waals surface area contributed by atoms with Crippen molar-refractivity contribution in [1.29, 1.82) is 0 Å². The molecule has 16 heavy (non-hydrogen) atoms. The van der Waals surface area contributed by atoms with Gasteiger partial charge in [-0.25, -0.2) is 0 Å². The van der Waals surface area contributed by atoms with Crippen molar-refractivity contribution < 1.29 is 5.11 Å². The van der Waals surface area contributed by atoms with Gasteiger partial charge in [-0.05, 0) is 24.0 Å². The summed E-state index contributed by atoms with van der Waals surface area (Å²) in [5.74, 6) is 0.539. The monoisotopic (exact) mass is 215 g/mol. The quantitative estimate of drug-likeness (QED) is 0.712. The molecule has 4 heteroatoms. The number of aromatic nitrogens is 2. The highest BCUT2D eigenvalue weighted by molar-refractivity contribution is 5.76. The van der Waals surface area contributed by atoms with Crippen LogP contribution in [0, 0.1) is 0 Å². The SMILES string of the molecule is Nc1[nH]ncc1-c1ccccc1C1(O)CC1. The molecular formula is C12H13N3O. The molecule has 1 aliphatic carbocycles. The lowest BCUT2D eigenvalue weighted by molar-refractivity contribution is 0.152. The predicted molar refractivity (Wildman–Crippen MR) is 61.6 cm³/mol. The van der Waals surface area contributed by atoms with E-state index in [0.717, 1.165) is 29.5 Å². The van der Waals surface area contributed by atoms with E-state index in [4.69, 9.17) is 5.73 Å². The van der Waals surface area contributed by atoms with Crippen LogP contribution in [-0.2, 0) is 5.60 Å². The zero-order chi connectivity index (χ0) is 11.2. The second kappa shape index (κ2) is 3.09. The Balaban J connectivity index is 2.18. The highest BCUT2D eigenvalue weighted by atomic mass is 16.3. The summed E-state index contributed by atoms with van der Waals surface area (Å²) < 4.78 is 0. The minimum Gasteiger partial charge on any atom is -0.385 e. The number of hydrogen-bond acceptors (Lipinski definition) is 3. The molecule has 0 radical (unpaired) electrons. The van der Waals surface area contributed by atoms with Crippen molar-refractivity contribution in [2.75, 3.05) is 5.73 Å². The van der Waals surface area contributed by atoms with Crippen LogP contribution in [-0.4, -0.2) is 15.3 Å². The Kier molecular flexibility index (Phi) is 1.82. The van der Waals surface area contributed by atoms with Gasteiger partial charge in [0.2, 0.25) is 0 Å². The Morgan fingerprint density at radius 3 is 2.62 bits per heavy atom. The van der Waals surface area contributed by atoms with Crippen molar-refractivity contribution >= 4 is 5.82 Å². The summed E-state index contributed by atoms with van der Waals surface area (Å²) in [5.41, 5.74) is 7.92. The lowest BCUT2D eigenvalue weighted by Gasteiger charge is -2.13. The summed E-state index contributed by atoms with van der Waals surface area (Å²) in [5, 5.41) is 16.8. The molecular weight excluding hydrogens is 202 g/mol. The van der Waals surface area contributed by atoms with Crippen LogP contribution in [0.15, 0.2) is 30.5 Å².